The smallest absolute Gasteiger partial charge is 0.360 e. The SMILES string of the molecule is O=C(CCC(F)(F)F)N1CCc2onc(-c3ccc(F)c(F)c3)c2C1. The van der Waals surface area contributed by atoms with Crippen LogP contribution in [-0.2, 0) is 17.8 Å². The lowest BCUT2D eigenvalue weighted by molar-refractivity contribution is -0.149. The Balaban J connectivity index is 1.80. The topological polar surface area (TPSA) is 46.3 Å². The number of hydrogen-bond donors (Lipinski definition) is 0. The summed E-state index contributed by atoms with van der Waals surface area (Å²) in [5.74, 6) is -2.20. The summed E-state index contributed by atoms with van der Waals surface area (Å²) in [7, 11) is 0. The third-order valence-electron chi connectivity index (χ3n) is 4.00. The molecule has 0 spiro atoms. The first-order valence-electron chi connectivity index (χ1n) is 7.52. The Morgan fingerprint density at radius 3 is 2.68 bits per heavy atom. The van der Waals surface area contributed by atoms with Gasteiger partial charge in [-0.25, -0.2) is 8.78 Å². The third kappa shape index (κ3) is 3.80. The van der Waals surface area contributed by atoms with E-state index in [1.165, 1.54) is 11.0 Å². The van der Waals surface area contributed by atoms with Gasteiger partial charge in [0.05, 0.1) is 13.0 Å². The van der Waals surface area contributed by atoms with Crippen LogP contribution in [0.5, 0.6) is 0 Å². The van der Waals surface area contributed by atoms with E-state index in [4.69, 9.17) is 4.52 Å². The normalized spacial score (nSPS) is 14.5. The highest BCUT2D eigenvalue weighted by Gasteiger charge is 2.32. The van der Waals surface area contributed by atoms with Crippen molar-refractivity contribution in [3.63, 3.8) is 0 Å². The zero-order valence-corrected chi connectivity index (χ0v) is 12.9. The second-order valence-electron chi connectivity index (χ2n) is 5.74. The predicted molar refractivity (Wildman–Crippen MR) is 76.3 cm³/mol. The van der Waals surface area contributed by atoms with Crippen molar-refractivity contribution in [2.75, 3.05) is 6.54 Å². The predicted octanol–water partition coefficient (Wildman–Crippen LogP) is 3.85. The molecule has 134 valence electrons. The minimum atomic E-state index is -4.40. The summed E-state index contributed by atoms with van der Waals surface area (Å²) < 4.78 is 68.5. The van der Waals surface area contributed by atoms with Gasteiger partial charge in [0, 0.05) is 30.5 Å². The van der Waals surface area contributed by atoms with Gasteiger partial charge in [0.25, 0.3) is 0 Å². The number of alkyl halides is 3. The van der Waals surface area contributed by atoms with Crippen LogP contribution in [-0.4, -0.2) is 28.7 Å². The van der Waals surface area contributed by atoms with Crippen LogP contribution in [0.15, 0.2) is 22.7 Å². The molecule has 3 rings (SSSR count). The maximum atomic E-state index is 13.4. The molecule has 1 amide bonds. The van der Waals surface area contributed by atoms with Gasteiger partial charge in [0.1, 0.15) is 11.5 Å². The number of halogens is 5. The second-order valence-corrected chi connectivity index (χ2v) is 5.74. The molecule has 0 N–H and O–H groups in total. The Labute approximate surface area is 139 Å². The van der Waals surface area contributed by atoms with Gasteiger partial charge in [-0.2, -0.15) is 13.2 Å². The molecule has 0 atom stereocenters. The molecular formula is C16H13F5N2O2. The fourth-order valence-corrected chi connectivity index (χ4v) is 2.70. The molecule has 9 heteroatoms. The Morgan fingerprint density at radius 1 is 1.24 bits per heavy atom. The summed E-state index contributed by atoms with van der Waals surface area (Å²) in [5.41, 5.74) is 1.02. The molecule has 0 bridgehead atoms. The van der Waals surface area contributed by atoms with E-state index in [9.17, 15) is 26.7 Å². The first-order valence-corrected chi connectivity index (χ1v) is 7.52. The van der Waals surface area contributed by atoms with E-state index in [0.717, 1.165) is 12.1 Å². The van der Waals surface area contributed by atoms with Gasteiger partial charge >= 0.3 is 6.18 Å². The Morgan fingerprint density at radius 2 is 2.00 bits per heavy atom. The molecule has 0 radical (unpaired) electrons. The van der Waals surface area contributed by atoms with E-state index in [0.29, 0.717) is 17.7 Å². The monoisotopic (exact) mass is 360 g/mol. The highest BCUT2D eigenvalue weighted by atomic mass is 19.4. The molecule has 1 aromatic carbocycles. The molecule has 1 aliphatic rings. The summed E-state index contributed by atoms with van der Waals surface area (Å²) in [6.07, 6.45) is -5.92. The number of carbonyl (C=O) groups excluding carboxylic acids is 1. The van der Waals surface area contributed by atoms with E-state index in [2.05, 4.69) is 5.16 Å². The van der Waals surface area contributed by atoms with Crippen molar-refractivity contribution >= 4 is 5.91 Å². The van der Waals surface area contributed by atoms with Crippen LogP contribution in [0.2, 0.25) is 0 Å². The van der Waals surface area contributed by atoms with E-state index in [1.54, 1.807) is 0 Å². The molecule has 4 nitrogen and oxygen atoms in total. The molecule has 0 aliphatic carbocycles. The van der Waals surface area contributed by atoms with Gasteiger partial charge in [-0.1, -0.05) is 5.16 Å². The van der Waals surface area contributed by atoms with E-state index in [1.807, 2.05) is 0 Å². The first kappa shape index (κ1) is 17.4. The summed E-state index contributed by atoms with van der Waals surface area (Å²) in [4.78, 5) is 13.3. The average molecular weight is 360 g/mol. The summed E-state index contributed by atoms with van der Waals surface area (Å²) >= 11 is 0. The Bertz CT molecular complexity index is 800. The van der Waals surface area contributed by atoms with Gasteiger partial charge in [0.15, 0.2) is 11.6 Å². The van der Waals surface area contributed by atoms with Crippen molar-refractivity contribution in [2.45, 2.75) is 32.0 Å². The van der Waals surface area contributed by atoms with Crippen LogP contribution in [0.4, 0.5) is 22.0 Å². The molecule has 1 aliphatic heterocycles. The summed E-state index contributed by atoms with van der Waals surface area (Å²) in [6, 6.07) is 3.22. The van der Waals surface area contributed by atoms with Gasteiger partial charge in [-0.3, -0.25) is 4.79 Å². The number of fused-ring (bicyclic) bond motifs is 1. The van der Waals surface area contributed by atoms with E-state index >= 15 is 0 Å². The molecule has 25 heavy (non-hydrogen) atoms. The molecule has 0 saturated carbocycles. The van der Waals surface area contributed by atoms with Crippen LogP contribution in [0.1, 0.15) is 24.2 Å². The number of hydrogen-bond acceptors (Lipinski definition) is 3. The molecule has 2 heterocycles. The van der Waals surface area contributed by atoms with Gasteiger partial charge in [-0.15, -0.1) is 0 Å². The zero-order chi connectivity index (χ0) is 18.2. The molecule has 0 unspecified atom stereocenters. The number of aromatic nitrogens is 1. The number of amides is 1. The van der Waals surface area contributed by atoms with Crippen LogP contribution in [0.25, 0.3) is 11.3 Å². The molecule has 0 saturated heterocycles. The van der Waals surface area contributed by atoms with E-state index < -0.39 is 36.6 Å². The molecule has 2 aromatic rings. The number of benzene rings is 1. The van der Waals surface area contributed by atoms with Crippen molar-refractivity contribution in [1.82, 2.24) is 10.1 Å². The fourth-order valence-electron chi connectivity index (χ4n) is 2.70. The van der Waals surface area contributed by atoms with Crippen LogP contribution < -0.4 is 0 Å². The molecular weight excluding hydrogens is 347 g/mol. The van der Waals surface area contributed by atoms with Gasteiger partial charge in [-0.05, 0) is 18.2 Å². The fraction of sp³-hybridized carbons (Fsp3) is 0.375. The zero-order valence-electron chi connectivity index (χ0n) is 12.9. The van der Waals surface area contributed by atoms with Crippen molar-refractivity contribution < 1.29 is 31.3 Å². The van der Waals surface area contributed by atoms with Gasteiger partial charge in [0.2, 0.25) is 5.91 Å². The maximum Gasteiger partial charge on any atom is 0.389 e. The number of rotatable bonds is 3. The maximum absolute atomic E-state index is 13.4. The highest BCUT2D eigenvalue weighted by Crippen LogP contribution is 2.31. The third-order valence-corrected chi connectivity index (χ3v) is 4.00. The Kier molecular flexibility index (Phi) is 4.49. The van der Waals surface area contributed by atoms with Crippen molar-refractivity contribution in [2.24, 2.45) is 0 Å². The van der Waals surface area contributed by atoms with Crippen LogP contribution in [0, 0.1) is 11.6 Å². The largest absolute Gasteiger partial charge is 0.389 e. The second kappa shape index (κ2) is 6.45. The van der Waals surface area contributed by atoms with Crippen LogP contribution >= 0.6 is 0 Å². The quantitative estimate of drug-likeness (QED) is 0.782. The highest BCUT2D eigenvalue weighted by molar-refractivity contribution is 5.77. The minimum Gasteiger partial charge on any atom is -0.360 e. The molecule has 1 aromatic heterocycles. The van der Waals surface area contributed by atoms with Crippen molar-refractivity contribution in [3.05, 3.63) is 41.2 Å². The lowest BCUT2D eigenvalue weighted by Gasteiger charge is -2.26. The molecule has 0 fully saturated rings. The standard InChI is InChI=1S/C16H13F5N2O2/c17-11-2-1-9(7-12(11)18)15-10-8-23(6-4-13(10)25-22-15)14(24)3-5-16(19,20)21/h1-2,7H,3-6,8H2. The minimum absolute atomic E-state index is 0.0177. The lowest BCUT2D eigenvalue weighted by Crippen LogP contribution is -2.36. The van der Waals surface area contributed by atoms with Gasteiger partial charge < -0.3 is 9.42 Å². The summed E-state index contributed by atoms with van der Waals surface area (Å²) in [6.45, 7) is 0.236. The Hall–Kier alpha value is -2.45. The van der Waals surface area contributed by atoms with Crippen molar-refractivity contribution in [3.8, 4) is 11.3 Å². The average Bonchev–Trinajstić information content (AvgIpc) is 2.97. The van der Waals surface area contributed by atoms with Crippen molar-refractivity contribution in [1.29, 1.82) is 0 Å². The summed E-state index contributed by atoms with van der Waals surface area (Å²) in [5, 5.41) is 3.84. The lowest BCUT2D eigenvalue weighted by atomic mass is 10.0. The van der Waals surface area contributed by atoms with Crippen LogP contribution in [0.3, 0.4) is 0 Å². The number of nitrogens with zero attached hydrogens (tertiary/aromatic N) is 2. The van der Waals surface area contributed by atoms with E-state index in [-0.39, 0.29) is 24.3 Å². The number of carbonyl (C=O) groups is 1. The first-order chi connectivity index (χ1) is 11.7.